The molecule has 0 spiro atoms. The molecule has 1 saturated carbocycles. The fraction of sp³-hybridized carbons (Fsp3) is 0.448. The number of rotatable bonds is 8. The van der Waals surface area contributed by atoms with Crippen LogP contribution in [0.15, 0.2) is 52.4 Å². The van der Waals surface area contributed by atoms with Gasteiger partial charge in [-0.25, -0.2) is 4.99 Å². The summed E-state index contributed by atoms with van der Waals surface area (Å²) in [5.41, 5.74) is 2.99. The van der Waals surface area contributed by atoms with Crippen molar-refractivity contribution >= 4 is 34.6 Å². The van der Waals surface area contributed by atoms with E-state index in [0.717, 1.165) is 47.9 Å². The van der Waals surface area contributed by atoms with Gasteiger partial charge in [0.1, 0.15) is 0 Å². The third-order valence-electron chi connectivity index (χ3n) is 6.17. The van der Waals surface area contributed by atoms with Crippen LogP contribution in [0.5, 0.6) is 11.5 Å². The molecule has 1 aliphatic carbocycles. The van der Waals surface area contributed by atoms with E-state index in [-0.39, 0.29) is 11.9 Å². The minimum Gasteiger partial charge on any atom is -0.490 e. The third-order valence-corrected chi connectivity index (χ3v) is 7.16. The lowest BCUT2D eigenvalue weighted by atomic mass is 9.94. The Balaban J connectivity index is 1.64. The fourth-order valence-electron chi connectivity index (χ4n) is 4.37. The number of carbonyl (C=O) groups is 1. The van der Waals surface area contributed by atoms with Crippen LogP contribution in [0, 0.1) is 12.8 Å². The van der Waals surface area contributed by atoms with Crippen molar-refractivity contribution < 1.29 is 14.3 Å². The molecule has 186 valence electrons. The Kier molecular flexibility index (Phi) is 8.55. The molecule has 0 radical (unpaired) electrons. The molecule has 0 atom stereocenters. The first kappa shape index (κ1) is 25.4. The topological polar surface area (TPSA) is 51.1 Å². The second-order valence-corrected chi connectivity index (χ2v) is 10.7. The summed E-state index contributed by atoms with van der Waals surface area (Å²) in [4.78, 5) is 21.2. The Labute approximate surface area is 213 Å². The first-order valence-corrected chi connectivity index (χ1v) is 13.5. The Bertz CT molecular complexity index is 1090. The van der Waals surface area contributed by atoms with E-state index in [1.165, 1.54) is 23.7 Å². The highest BCUT2D eigenvalue weighted by Crippen LogP contribution is 2.39. The van der Waals surface area contributed by atoms with Crippen LogP contribution >= 0.6 is 11.8 Å². The number of amidine groups is 1. The third kappa shape index (κ3) is 6.49. The van der Waals surface area contributed by atoms with Crippen LogP contribution in [0.1, 0.15) is 64.0 Å². The predicted octanol–water partition coefficient (Wildman–Crippen LogP) is 7.37. The minimum atomic E-state index is 0.0471. The second kappa shape index (κ2) is 11.8. The number of benzene rings is 2. The summed E-state index contributed by atoms with van der Waals surface area (Å²) in [7, 11) is 0. The molecule has 2 aromatic rings. The van der Waals surface area contributed by atoms with Crippen molar-refractivity contribution in [3.05, 3.63) is 58.5 Å². The number of hydrogen-bond acceptors (Lipinski definition) is 5. The van der Waals surface area contributed by atoms with Crippen molar-refractivity contribution in [1.82, 2.24) is 4.90 Å². The van der Waals surface area contributed by atoms with E-state index in [1.54, 1.807) is 0 Å². The highest BCUT2D eigenvalue weighted by atomic mass is 32.2. The average Bonchev–Trinajstić information content (AvgIpc) is 3.15. The van der Waals surface area contributed by atoms with Crippen molar-refractivity contribution in [3.8, 4) is 11.5 Å². The van der Waals surface area contributed by atoms with Crippen molar-refractivity contribution in [1.29, 1.82) is 0 Å². The first-order valence-electron chi connectivity index (χ1n) is 12.7. The molecule has 0 aromatic heterocycles. The zero-order chi connectivity index (χ0) is 24.8. The molecule has 1 saturated heterocycles. The van der Waals surface area contributed by atoms with Gasteiger partial charge in [0.05, 0.1) is 23.8 Å². The quantitative estimate of drug-likeness (QED) is 0.361. The lowest BCUT2D eigenvalue weighted by Crippen LogP contribution is -2.40. The molecule has 0 N–H and O–H groups in total. The van der Waals surface area contributed by atoms with Crippen LogP contribution in [0.25, 0.3) is 6.08 Å². The Morgan fingerprint density at radius 2 is 1.80 bits per heavy atom. The van der Waals surface area contributed by atoms with Crippen LogP contribution in [-0.2, 0) is 4.79 Å². The van der Waals surface area contributed by atoms with Gasteiger partial charge in [0.15, 0.2) is 16.7 Å². The van der Waals surface area contributed by atoms with Gasteiger partial charge in [0.2, 0.25) is 0 Å². The maximum atomic E-state index is 13.6. The van der Waals surface area contributed by atoms with E-state index >= 15 is 0 Å². The SMILES string of the molecule is CCOc1cc(/C=C2/SC(=Nc3ccc(C)cc3)N(C3CCCCC3)C2=O)ccc1OCC(C)C. The van der Waals surface area contributed by atoms with Crippen molar-refractivity contribution in [2.45, 2.75) is 65.8 Å². The maximum absolute atomic E-state index is 13.6. The molecule has 4 rings (SSSR count). The van der Waals surface area contributed by atoms with E-state index in [0.29, 0.717) is 29.8 Å². The summed E-state index contributed by atoms with van der Waals surface area (Å²) in [6.45, 7) is 9.45. The normalized spacial score (nSPS) is 19.2. The van der Waals surface area contributed by atoms with E-state index in [9.17, 15) is 4.79 Å². The van der Waals surface area contributed by atoms with Gasteiger partial charge in [-0.05, 0) is 80.3 Å². The Morgan fingerprint density at radius 3 is 2.49 bits per heavy atom. The van der Waals surface area contributed by atoms with Crippen LogP contribution in [0.3, 0.4) is 0 Å². The summed E-state index contributed by atoms with van der Waals surface area (Å²) >= 11 is 1.47. The minimum absolute atomic E-state index is 0.0471. The van der Waals surface area contributed by atoms with Gasteiger partial charge in [0, 0.05) is 6.04 Å². The highest BCUT2D eigenvalue weighted by molar-refractivity contribution is 8.18. The zero-order valence-electron chi connectivity index (χ0n) is 21.3. The molecule has 2 aliphatic rings. The van der Waals surface area contributed by atoms with E-state index in [4.69, 9.17) is 14.5 Å². The van der Waals surface area contributed by atoms with Crippen LogP contribution in [-0.4, -0.2) is 35.2 Å². The molecule has 5 nitrogen and oxygen atoms in total. The molecular formula is C29H36N2O3S. The second-order valence-electron chi connectivity index (χ2n) is 9.65. The number of ether oxygens (including phenoxy) is 2. The smallest absolute Gasteiger partial charge is 0.267 e. The molecule has 2 aromatic carbocycles. The molecule has 1 amide bonds. The van der Waals surface area contributed by atoms with Gasteiger partial charge in [-0.2, -0.15) is 0 Å². The standard InChI is InChI=1S/C29H36N2O3S/c1-5-33-26-17-22(13-16-25(26)34-19-20(2)3)18-27-28(32)31(24-9-7-6-8-10-24)29(35-27)30-23-14-11-21(4)12-15-23/h11-18,20,24H,5-10,19H2,1-4H3/b27-18+,30-29?. The summed E-state index contributed by atoms with van der Waals surface area (Å²) in [5.74, 6) is 1.91. The highest BCUT2D eigenvalue weighted by Gasteiger charge is 2.38. The monoisotopic (exact) mass is 492 g/mol. The molecule has 0 unspecified atom stereocenters. The van der Waals surface area contributed by atoms with Crippen molar-refractivity contribution in [3.63, 3.8) is 0 Å². The fourth-order valence-corrected chi connectivity index (χ4v) is 5.42. The van der Waals surface area contributed by atoms with Gasteiger partial charge >= 0.3 is 0 Å². The lowest BCUT2D eigenvalue weighted by molar-refractivity contribution is -0.124. The molecule has 35 heavy (non-hydrogen) atoms. The Morgan fingerprint density at radius 1 is 1.06 bits per heavy atom. The first-order chi connectivity index (χ1) is 16.9. The lowest BCUT2D eigenvalue weighted by Gasteiger charge is -2.30. The van der Waals surface area contributed by atoms with Gasteiger partial charge < -0.3 is 9.47 Å². The molecule has 1 heterocycles. The van der Waals surface area contributed by atoms with Gasteiger partial charge in [-0.3, -0.25) is 9.69 Å². The van der Waals surface area contributed by atoms with Crippen LogP contribution in [0.4, 0.5) is 5.69 Å². The number of carbonyl (C=O) groups excluding carboxylic acids is 1. The molecule has 1 aliphatic heterocycles. The van der Waals surface area contributed by atoms with Gasteiger partial charge in [-0.15, -0.1) is 0 Å². The zero-order valence-corrected chi connectivity index (χ0v) is 22.1. The van der Waals surface area contributed by atoms with Crippen LogP contribution < -0.4 is 9.47 Å². The number of thioether (sulfide) groups is 1. The van der Waals surface area contributed by atoms with Crippen molar-refractivity contribution in [2.24, 2.45) is 10.9 Å². The van der Waals surface area contributed by atoms with Crippen molar-refractivity contribution in [2.75, 3.05) is 13.2 Å². The molecule has 0 bridgehead atoms. The summed E-state index contributed by atoms with van der Waals surface area (Å²) in [5, 5.41) is 0.777. The van der Waals surface area contributed by atoms with Crippen LogP contribution in [0.2, 0.25) is 0 Å². The number of hydrogen-bond donors (Lipinski definition) is 0. The number of nitrogens with zero attached hydrogens (tertiary/aromatic N) is 2. The van der Waals surface area contributed by atoms with E-state index < -0.39 is 0 Å². The summed E-state index contributed by atoms with van der Waals surface area (Å²) in [6.07, 6.45) is 7.57. The number of aliphatic imine (C=N–C) groups is 1. The molecule has 6 heteroatoms. The number of aryl methyl sites for hydroxylation is 1. The Hall–Kier alpha value is -2.73. The number of amides is 1. The summed E-state index contributed by atoms with van der Waals surface area (Å²) < 4.78 is 11.8. The van der Waals surface area contributed by atoms with E-state index in [1.807, 2.05) is 48.2 Å². The molecule has 2 fully saturated rings. The van der Waals surface area contributed by atoms with Gasteiger partial charge in [-0.1, -0.05) is 56.9 Å². The van der Waals surface area contributed by atoms with E-state index in [2.05, 4.69) is 32.9 Å². The van der Waals surface area contributed by atoms with Gasteiger partial charge in [0.25, 0.3) is 5.91 Å². The largest absolute Gasteiger partial charge is 0.490 e. The maximum Gasteiger partial charge on any atom is 0.267 e. The molecular weight excluding hydrogens is 456 g/mol. The predicted molar refractivity (Wildman–Crippen MR) is 146 cm³/mol. The average molecular weight is 493 g/mol. The summed E-state index contributed by atoms with van der Waals surface area (Å²) in [6, 6.07) is 14.2.